The van der Waals surface area contributed by atoms with Crippen molar-refractivity contribution in [3.63, 3.8) is 0 Å². The number of hydrogen-bond donors (Lipinski definition) is 0. The lowest BCUT2D eigenvalue weighted by atomic mass is 9.95. The summed E-state index contributed by atoms with van der Waals surface area (Å²) in [6.45, 7) is 5.13. The molecule has 3 aliphatic heterocycles. The summed E-state index contributed by atoms with van der Waals surface area (Å²) in [4.78, 5) is 32.0. The number of sulfonamides is 1. The van der Waals surface area contributed by atoms with Crippen LogP contribution in [0.3, 0.4) is 0 Å². The Morgan fingerprint density at radius 2 is 1.62 bits per heavy atom. The zero-order valence-electron chi connectivity index (χ0n) is 19.2. The number of fused-ring (bicyclic) bond motifs is 1. The van der Waals surface area contributed by atoms with Crippen molar-refractivity contribution < 1.29 is 18.0 Å². The van der Waals surface area contributed by atoms with E-state index >= 15 is 0 Å². The van der Waals surface area contributed by atoms with E-state index in [1.807, 2.05) is 47.1 Å². The van der Waals surface area contributed by atoms with E-state index in [-0.39, 0.29) is 22.6 Å². The van der Waals surface area contributed by atoms with Crippen LogP contribution < -0.4 is 0 Å². The number of carbonyl (C=O) groups is 2. The average Bonchev–Trinajstić information content (AvgIpc) is 3.15. The first-order valence-electron chi connectivity index (χ1n) is 11.7. The molecular formula is C25H28N4O4S. The topological polar surface area (TPSA) is 90.4 Å². The van der Waals surface area contributed by atoms with E-state index in [1.165, 1.54) is 0 Å². The second-order valence-corrected chi connectivity index (χ2v) is 10.7. The molecule has 3 heterocycles. The van der Waals surface area contributed by atoms with Crippen LogP contribution in [0.2, 0.25) is 0 Å². The largest absolute Gasteiger partial charge is 0.352 e. The van der Waals surface area contributed by atoms with Crippen molar-refractivity contribution in [2.75, 3.05) is 39.3 Å². The highest BCUT2D eigenvalue weighted by molar-refractivity contribution is 7.90. The van der Waals surface area contributed by atoms with E-state index in [2.05, 4.69) is 4.40 Å². The summed E-state index contributed by atoms with van der Waals surface area (Å²) >= 11 is 0. The van der Waals surface area contributed by atoms with Gasteiger partial charge in [-0.15, -0.1) is 4.40 Å². The lowest BCUT2D eigenvalue weighted by molar-refractivity contribution is -0.138. The zero-order valence-corrected chi connectivity index (χ0v) is 20.0. The summed E-state index contributed by atoms with van der Waals surface area (Å²) in [6, 6.07) is 14.4. The SMILES string of the molecule is Cc1ccc(C(=O)N2CCCC(C(=O)N3CCN(C4=NS(=O)(=O)c5ccccc54)CC3)C2)cc1. The van der Waals surface area contributed by atoms with E-state index < -0.39 is 10.0 Å². The van der Waals surface area contributed by atoms with Crippen LogP contribution in [0.1, 0.15) is 34.3 Å². The number of rotatable bonds is 2. The highest BCUT2D eigenvalue weighted by Gasteiger charge is 2.36. The van der Waals surface area contributed by atoms with Crippen LogP contribution in [-0.4, -0.2) is 80.0 Å². The van der Waals surface area contributed by atoms with E-state index in [1.54, 1.807) is 23.1 Å². The molecule has 0 bridgehead atoms. The van der Waals surface area contributed by atoms with Gasteiger partial charge in [0.15, 0.2) is 5.84 Å². The lowest BCUT2D eigenvalue weighted by Gasteiger charge is -2.39. The number of hydrogen-bond acceptors (Lipinski definition) is 5. The number of nitrogens with zero attached hydrogens (tertiary/aromatic N) is 4. The predicted molar refractivity (Wildman–Crippen MR) is 128 cm³/mol. The minimum atomic E-state index is -3.66. The maximum absolute atomic E-state index is 13.3. The number of piperazine rings is 1. The summed E-state index contributed by atoms with van der Waals surface area (Å²) in [5.41, 5.74) is 2.38. The first kappa shape index (κ1) is 22.6. The molecule has 2 amide bonds. The van der Waals surface area contributed by atoms with Crippen LogP contribution in [0.4, 0.5) is 0 Å². The minimum absolute atomic E-state index is 0.0264. The molecule has 34 heavy (non-hydrogen) atoms. The van der Waals surface area contributed by atoms with Crippen LogP contribution in [0, 0.1) is 12.8 Å². The van der Waals surface area contributed by atoms with Crippen LogP contribution >= 0.6 is 0 Å². The molecule has 0 radical (unpaired) electrons. The van der Waals surface area contributed by atoms with Crippen molar-refractivity contribution >= 4 is 27.7 Å². The summed E-state index contributed by atoms with van der Waals surface area (Å²) in [6.07, 6.45) is 1.58. The van der Waals surface area contributed by atoms with Gasteiger partial charge in [-0.3, -0.25) is 9.59 Å². The van der Waals surface area contributed by atoms with Crippen LogP contribution in [0.15, 0.2) is 57.8 Å². The number of benzene rings is 2. The Morgan fingerprint density at radius 3 is 2.35 bits per heavy atom. The number of likely N-dealkylation sites (tertiary alicyclic amines) is 1. The molecule has 0 saturated carbocycles. The molecule has 0 aliphatic carbocycles. The fraction of sp³-hybridized carbons (Fsp3) is 0.400. The Kier molecular flexibility index (Phi) is 5.89. The molecule has 2 aromatic carbocycles. The first-order chi connectivity index (χ1) is 16.3. The normalized spacial score (nSPS) is 21.7. The second kappa shape index (κ2) is 8.87. The number of piperidine rings is 1. The van der Waals surface area contributed by atoms with Gasteiger partial charge >= 0.3 is 0 Å². The zero-order chi connectivity index (χ0) is 23.9. The van der Waals surface area contributed by atoms with Crippen molar-refractivity contribution in [2.24, 2.45) is 10.3 Å². The Labute approximate surface area is 199 Å². The van der Waals surface area contributed by atoms with Gasteiger partial charge in [0.05, 0.1) is 5.92 Å². The maximum atomic E-state index is 13.3. The number of amides is 2. The maximum Gasteiger partial charge on any atom is 0.285 e. The molecule has 178 valence electrons. The van der Waals surface area contributed by atoms with Gasteiger partial charge < -0.3 is 14.7 Å². The van der Waals surface area contributed by atoms with Crippen molar-refractivity contribution in [2.45, 2.75) is 24.7 Å². The number of amidine groups is 1. The van der Waals surface area contributed by atoms with E-state index in [9.17, 15) is 18.0 Å². The molecule has 9 heteroatoms. The fourth-order valence-electron chi connectivity index (χ4n) is 4.96. The molecular weight excluding hydrogens is 452 g/mol. The number of carbonyl (C=O) groups excluding carboxylic acids is 2. The molecule has 0 spiro atoms. The average molecular weight is 481 g/mol. The Balaban J connectivity index is 1.21. The summed E-state index contributed by atoms with van der Waals surface area (Å²) < 4.78 is 28.8. The van der Waals surface area contributed by atoms with Gasteiger partial charge in [-0.2, -0.15) is 8.42 Å². The van der Waals surface area contributed by atoms with Gasteiger partial charge in [0.1, 0.15) is 4.90 Å². The fourth-order valence-corrected chi connectivity index (χ4v) is 6.18. The van der Waals surface area contributed by atoms with Crippen LogP contribution in [0.25, 0.3) is 0 Å². The van der Waals surface area contributed by atoms with Gasteiger partial charge in [0.25, 0.3) is 15.9 Å². The molecule has 5 rings (SSSR count). The van der Waals surface area contributed by atoms with Crippen LogP contribution in [-0.2, 0) is 14.8 Å². The van der Waals surface area contributed by atoms with E-state index in [4.69, 9.17) is 0 Å². The molecule has 2 saturated heterocycles. The summed E-state index contributed by atoms with van der Waals surface area (Å²) in [7, 11) is -3.66. The lowest BCUT2D eigenvalue weighted by Crippen LogP contribution is -2.54. The standard InChI is InChI=1S/C25H28N4O4S/c1-18-8-10-19(11-9-18)24(30)29-12-4-5-20(17-29)25(31)28-15-13-27(14-16-28)23-21-6-2-3-7-22(21)34(32,33)26-23/h2-3,6-11,20H,4-5,12-17H2,1H3. The molecule has 2 aromatic rings. The first-order valence-corrected chi connectivity index (χ1v) is 13.1. The quantitative estimate of drug-likeness (QED) is 0.657. The minimum Gasteiger partial charge on any atom is -0.352 e. The summed E-state index contributed by atoms with van der Waals surface area (Å²) in [5, 5.41) is 0. The molecule has 2 fully saturated rings. The summed E-state index contributed by atoms with van der Waals surface area (Å²) in [5.74, 6) is 0.304. The van der Waals surface area contributed by atoms with Crippen LogP contribution in [0.5, 0.6) is 0 Å². The van der Waals surface area contributed by atoms with Gasteiger partial charge in [0, 0.05) is 50.4 Å². The predicted octanol–water partition coefficient (Wildman–Crippen LogP) is 2.14. The third-order valence-corrected chi connectivity index (χ3v) is 8.18. The smallest absolute Gasteiger partial charge is 0.285 e. The van der Waals surface area contributed by atoms with Crippen molar-refractivity contribution in [1.82, 2.24) is 14.7 Å². The van der Waals surface area contributed by atoms with Crippen molar-refractivity contribution in [3.05, 3.63) is 65.2 Å². The number of aryl methyl sites for hydroxylation is 1. The molecule has 8 nitrogen and oxygen atoms in total. The molecule has 3 aliphatic rings. The van der Waals surface area contributed by atoms with Crippen molar-refractivity contribution in [3.8, 4) is 0 Å². The Bertz CT molecular complexity index is 1250. The van der Waals surface area contributed by atoms with Crippen molar-refractivity contribution in [1.29, 1.82) is 0 Å². The molecule has 1 unspecified atom stereocenters. The van der Waals surface area contributed by atoms with Gasteiger partial charge in [-0.05, 0) is 44.0 Å². The molecule has 1 atom stereocenters. The third-order valence-electron chi connectivity index (χ3n) is 6.86. The molecule has 0 N–H and O–H groups in total. The highest BCUT2D eigenvalue weighted by atomic mass is 32.2. The van der Waals surface area contributed by atoms with E-state index in [0.29, 0.717) is 56.2 Å². The van der Waals surface area contributed by atoms with Gasteiger partial charge in [0.2, 0.25) is 5.91 Å². The monoisotopic (exact) mass is 480 g/mol. The Hall–Kier alpha value is -3.20. The third kappa shape index (κ3) is 4.20. The van der Waals surface area contributed by atoms with Gasteiger partial charge in [-0.1, -0.05) is 29.8 Å². The second-order valence-electron chi connectivity index (χ2n) is 9.15. The Morgan fingerprint density at radius 1 is 0.912 bits per heavy atom. The molecule has 0 aromatic heterocycles. The van der Waals surface area contributed by atoms with E-state index in [0.717, 1.165) is 18.4 Å². The highest BCUT2D eigenvalue weighted by Crippen LogP contribution is 2.28. The van der Waals surface area contributed by atoms with Gasteiger partial charge in [-0.25, -0.2) is 0 Å².